The van der Waals surface area contributed by atoms with Gasteiger partial charge >= 0.3 is 6.03 Å². The fraction of sp³-hybridized carbons (Fsp3) is 0.118. The average molecular weight is 296 g/mol. The highest BCUT2D eigenvalue weighted by molar-refractivity contribution is 5.74. The van der Waals surface area contributed by atoms with Crippen LogP contribution in [0.25, 0.3) is 17.2 Å². The highest BCUT2D eigenvalue weighted by Crippen LogP contribution is 2.31. The van der Waals surface area contributed by atoms with Gasteiger partial charge in [-0.25, -0.2) is 9.86 Å². The van der Waals surface area contributed by atoms with Gasteiger partial charge in [-0.2, -0.15) is 0 Å². The van der Waals surface area contributed by atoms with Gasteiger partial charge in [-0.05, 0) is 34.9 Å². The Balaban J connectivity index is 1.89. The number of primary amides is 1. The summed E-state index contributed by atoms with van der Waals surface area (Å²) >= 11 is 0. The number of amides is 2. The molecule has 0 aliphatic carbocycles. The van der Waals surface area contributed by atoms with Crippen molar-refractivity contribution in [2.24, 2.45) is 5.73 Å². The molecule has 0 spiro atoms. The molecule has 0 atom stereocenters. The number of hydrogen-bond acceptors (Lipinski definition) is 3. The van der Waals surface area contributed by atoms with Gasteiger partial charge in [0.25, 0.3) is 0 Å². The van der Waals surface area contributed by atoms with Gasteiger partial charge in [0, 0.05) is 5.56 Å². The van der Waals surface area contributed by atoms with Crippen LogP contribution in [0, 0.1) is 0 Å². The zero-order chi connectivity index (χ0) is 15.5. The molecule has 112 valence electrons. The molecule has 1 heterocycles. The Hall–Kier alpha value is -2.79. The van der Waals surface area contributed by atoms with E-state index in [4.69, 9.17) is 10.5 Å². The third-order valence-corrected chi connectivity index (χ3v) is 3.50. The molecule has 5 nitrogen and oxygen atoms in total. The molecule has 0 saturated carbocycles. The Morgan fingerprint density at radius 1 is 1.18 bits per heavy atom. The average Bonchev–Trinajstić information content (AvgIpc) is 2.55. The van der Waals surface area contributed by atoms with Gasteiger partial charge in [0.15, 0.2) is 0 Å². The maximum atomic E-state index is 10.9. The van der Waals surface area contributed by atoms with E-state index in [1.54, 1.807) is 0 Å². The maximum absolute atomic E-state index is 10.9. The first-order valence-corrected chi connectivity index (χ1v) is 6.91. The number of carbonyl (C=O) groups excluding carboxylic acids is 1. The second-order valence-electron chi connectivity index (χ2n) is 5.11. The summed E-state index contributed by atoms with van der Waals surface area (Å²) in [7, 11) is 0. The summed E-state index contributed by atoms with van der Waals surface area (Å²) in [4.78, 5) is 10.9. The van der Waals surface area contributed by atoms with Crippen molar-refractivity contribution in [3.8, 4) is 16.9 Å². The normalized spacial score (nSPS) is 12.9. The van der Waals surface area contributed by atoms with Crippen molar-refractivity contribution >= 4 is 12.1 Å². The minimum Gasteiger partial charge on any atom is -0.489 e. The SMILES string of the molecule is NC(=O)N(O)CC1=Cc2cc(-c3ccccc3)ccc2OC1. The number of hydroxylamine groups is 2. The van der Waals surface area contributed by atoms with E-state index in [9.17, 15) is 10.0 Å². The maximum Gasteiger partial charge on any atom is 0.338 e. The standard InChI is InChI=1S/C17H16N2O3/c18-17(20)19(21)10-12-8-15-9-14(6-7-16(15)22-11-12)13-4-2-1-3-5-13/h1-9,21H,10-11H2,(H2,18,20). The lowest BCUT2D eigenvalue weighted by atomic mass is 10.00. The van der Waals surface area contributed by atoms with E-state index in [0.29, 0.717) is 11.7 Å². The third-order valence-electron chi connectivity index (χ3n) is 3.50. The Morgan fingerprint density at radius 3 is 2.68 bits per heavy atom. The van der Waals surface area contributed by atoms with Crippen LogP contribution in [0.1, 0.15) is 5.56 Å². The molecule has 22 heavy (non-hydrogen) atoms. The van der Waals surface area contributed by atoms with E-state index in [-0.39, 0.29) is 6.54 Å². The van der Waals surface area contributed by atoms with Crippen molar-refractivity contribution in [3.63, 3.8) is 0 Å². The molecule has 5 heteroatoms. The molecule has 0 radical (unpaired) electrons. The van der Waals surface area contributed by atoms with Gasteiger partial charge in [-0.3, -0.25) is 5.21 Å². The number of ether oxygens (including phenoxy) is 1. The number of benzene rings is 2. The smallest absolute Gasteiger partial charge is 0.338 e. The van der Waals surface area contributed by atoms with Crippen LogP contribution in [-0.4, -0.2) is 29.5 Å². The molecular weight excluding hydrogens is 280 g/mol. The Bertz CT molecular complexity index is 726. The largest absolute Gasteiger partial charge is 0.489 e. The van der Waals surface area contributed by atoms with E-state index in [1.165, 1.54) is 0 Å². The topological polar surface area (TPSA) is 75.8 Å². The van der Waals surface area contributed by atoms with Crippen LogP contribution in [0.5, 0.6) is 5.75 Å². The van der Waals surface area contributed by atoms with Crippen LogP contribution >= 0.6 is 0 Å². The van der Waals surface area contributed by atoms with Crippen molar-refractivity contribution < 1.29 is 14.7 Å². The summed E-state index contributed by atoms with van der Waals surface area (Å²) < 4.78 is 5.65. The number of rotatable bonds is 3. The van der Waals surface area contributed by atoms with Crippen molar-refractivity contribution in [1.29, 1.82) is 0 Å². The Labute approximate surface area is 128 Å². The van der Waals surface area contributed by atoms with Crippen molar-refractivity contribution in [2.45, 2.75) is 0 Å². The fourth-order valence-electron chi connectivity index (χ4n) is 2.40. The summed E-state index contributed by atoms with van der Waals surface area (Å²) in [6, 6.07) is 15.1. The summed E-state index contributed by atoms with van der Waals surface area (Å²) in [5, 5.41) is 9.90. The minimum atomic E-state index is -0.885. The number of urea groups is 1. The van der Waals surface area contributed by atoms with Crippen LogP contribution in [0.15, 0.2) is 54.1 Å². The zero-order valence-corrected chi connectivity index (χ0v) is 11.9. The first kappa shape index (κ1) is 14.2. The first-order chi connectivity index (χ1) is 10.6. The van der Waals surface area contributed by atoms with E-state index in [1.807, 2.05) is 54.6 Å². The van der Waals surface area contributed by atoms with E-state index in [0.717, 1.165) is 28.0 Å². The number of carbonyl (C=O) groups is 1. The molecule has 0 saturated heterocycles. The van der Waals surface area contributed by atoms with Gasteiger partial charge in [0.05, 0.1) is 6.54 Å². The van der Waals surface area contributed by atoms with Crippen LogP contribution in [0.4, 0.5) is 4.79 Å². The van der Waals surface area contributed by atoms with Gasteiger partial charge in [0.1, 0.15) is 12.4 Å². The number of hydrogen-bond donors (Lipinski definition) is 2. The molecule has 2 aromatic rings. The molecular formula is C17H16N2O3. The van der Waals surface area contributed by atoms with Crippen LogP contribution in [0.3, 0.4) is 0 Å². The van der Waals surface area contributed by atoms with Crippen LogP contribution < -0.4 is 10.5 Å². The molecule has 2 aromatic carbocycles. The quantitative estimate of drug-likeness (QED) is 0.675. The lowest BCUT2D eigenvalue weighted by Crippen LogP contribution is -2.35. The third kappa shape index (κ3) is 2.94. The van der Waals surface area contributed by atoms with Gasteiger partial charge < -0.3 is 10.5 Å². The number of nitrogens with zero attached hydrogens (tertiary/aromatic N) is 1. The van der Waals surface area contributed by atoms with Crippen molar-refractivity contribution in [2.75, 3.05) is 13.2 Å². The van der Waals surface area contributed by atoms with E-state index < -0.39 is 6.03 Å². The van der Waals surface area contributed by atoms with Crippen molar-refractivity contribution in [3.05, 3.63) is 59.7 Å². The molecule has 0 unspecified atom stereocenters. The number of nitrogens with two attached hydrogens (primary N) is 1. The van der Waals surface area contributed by atoms with Crippen LogP contribution in [0.2, 0.25) is 0 Å². The lowest BCUT2D eigenvalue weighted by Gasteiger charge is -2.21. The van der Waals surface area contributed by atoms with Crippen molar-refractivity contribution in [1.82, 2.24) is 5.06 Å². The monoisotopic (exact) mass is 296 g/mol. The summed E-state index contributed by atoms with van der Waals surface area (Å²) in [5.41, 5.74) is 8.91. The predicted octanol–water partition coefficient (Wildman–Crippen LogP) is 2.90. The summed E-state index contributed by atoms with van der Waals surface area (Å²) in [5.74, 6) is 0.784. The molecule has 0 bridgehead atoms. The first-order valence-electron chi connectivity index (χ1n) is 6.91. The summed E-state index contributed by atoms with van der Waals surface area (Å²) in [6.45, 7) is 0.354. The van der Waals surface area contributed by atoms with Gasteiger partial charge in [0.2, 0.25) is 0 Å². The van der Waals surface area contributed by atoms with Crippen LogP contribution in [-0.2, 0) is 0 Å². The molecule has 2 amide bonds. The van der Waals surface area contributed by atoms with E-state index in [2.05, 4.69) is 0 Å². The molecule has 0 fully saturated rings. The lowest BCUT2D eigenvalue weighted by molar-refractivity contribution is -0.0321. The molecule has 3 rings (SSSR count). The highest BCUT2D eigenvalue weighted by Gasteiger charge is 2.16. The number of fused-ring (bicyclic) bond motifs is 1. The van der Waals surface area contributed by atoms with Gasteiger partial charge in [-0.1, -0.05) is 36.4 Å². The highest BCUT2D eigenvalue weighted by atomic mass is 16.5. The predicted molar refractivity (Wildman–Crippen MR) is 83.4 cm³/mol. The zero-order valence-electron chi connectivity index (χ0n) is 11.9. The molecule has 1 aliphatic heterocycles. The minimum absolute atomic E-state index is 0.0321. The Morgan fingerprint density at radius 2 is 1.95 bits per heavy atom. The second kappa shape index (κ2) is 5.91. The van der Waals surface area contributed by atoms with Gasteiger partial charge in [-0.15, -0.1) is 0 Å². The summed E-state index contributed by atoms with van der Waals surface area (Å²) in [6.07, 6.45) is 1.91. The molecule has 3 N–H and O–H groups in total. The molecule has 0 aromatic heterocycles. The van der Waals surface area contributed by atoms with E-state index >= 15 is 0 Å². The Kier molecular flexibility index (Phi) is 3.80. The fourth-order valence-corrected chi connectivity index (χ4v) is 2.40. The second-order valence-corrected chi connectivity index (χ2v) is 5.11. The molecule has 1 aliphatic rings.